The van der Waals surface area contributed by atoms with E-state index in [2.05, 4.69) is 4.90 Å². The first-order valence-electron chi connectivity index (χ1n) is 13.2. The van der Waals surface area contributed by atoms with Crippen LogP contribution >= 0.6 is 0 Å². The van der Waals surface area contributed by atoms with E-state index in [1.54, 1.807) is 22.8 Å². The lowest BCUT2D eigenvalue weighted by Gasteiger charge is -2.36. The van der Waals surface area contributed by atoms with E-state index >= 15 is 4.39 Å². The quantitative estimate of drug-likeness (QED) is 0.425. The van der Waals surface area contributed by atoms with E-state index in [1.807, 2.05) is 4.90 Å². The standard InChI is InChI=1S/C29H27F2N3O6/c30-21-4-2-1-3-18(21)26-25(16-40-29(26)38)39-12-11-32-7-9-33(10-8-32)24-14-23-19(13-22(24)31)27(35)20(28(36)37)15-34(23)17-5-6-17/h1-4,13-15,17H,5-12,16H2,(H,36,37). The zero-order chi connectivity index (χ0) is 28.0. The Morgan fingerprint density at radius 3 is 2.50 bits per heavy atom. The molecule has 1 N–H and O–H groups in total. The molecule has 3 aromatic rings. The third-order valence-corrected chi connectivity index (χ3v) is 7.63. The average molecular weight is 552 g/mol. The van der Waals surface area contributed by atoms with Crippen molar-refractivity contribution < 1.29 is 33.0 Å². The van der Waals surface area contributed by atoms with Crippen molar-refractivity contribution in [3.05, 3.63) is 81.3 Å². The normalized spacial score (nSPS) is 17.9. The van der Waals surface area contributed by atoms with E-state index in [1.165, 1.54) is 18.3 Å². The summed E-state index contributed by atoms with van der Waals surface area (Å²) in [7, 11) is 0. The van der Waals surface area contributed by atoms with Crippen LogP contribution < -0.4 is 10.3 Å². The summed E-state index contributed by atoms with van der Waals surface area (Å²) in [5.74, 6) is -2.72. The lowest BCUT2D eigenvalue weighted by molar-refractivity contribution is -0.134. The monoisotopic (exact) mass is 551 g/mol. The van der Waals surface area contributed by atoms with Gasteiger partial charge in [-0.1, -0.05) is 18.2 Å². The minimum absolute atomic E-state index is 0.0442. The van der Waals surface area contributed by atoms with Crippen molar-refractivity contribution in [1.82, 2.24) is 9.47 Å². The number of benzene rings is 2. The Balaban J connectivity index is 1.13. The Morgan fingerprint density at radius 2 is 1.80 bits per heavy atom. The fourth-order valence-electron chi connectivity index (χ4n) is 5.35. The van der Waals surface area contributed by atoms with Crippen molar-refractivity contribution in [2.24, 2.45) is 0 Å². The summed E-state index contributed by atoms with van der Waals surface area (Å²) >= 11 is 0. The lowest BCUT2D eigenvalue weighted by atomic mass is 10.1. The maximum Gasteiger partial charge on any atom is 0.342 e. The van der Waals surface area contributed by atoms with E-state index < -0.39 is 29.0 Å². The molecule has 208 valence electrons. The van der Waals surface area contributed by atoms with Crippen LogP contribution in [0, 0.1) is 11.6 Å². The van der Waals surface area contributed by atoms with Gasteiger partial charge in [0.25, 0.3) is 0 Å². The fourth-order valence-corrected chi connectivity index (χ4v) is 5.35. The van der Waals surface area contributed by atoms with E-state index in [4.69, 9.17) is 9.47 Å². The molecule has 0 spiro atoms. The van der Waals surface area contributed by atoms with Gasteiger partial charge in [-0.15, -0.1) is 0 Å². The van der Waals surface area contributed by atoms with Gasteiger partial charge in [0.15, 0.2) is 0 Å². The molecular formula is C29H27F2N3O6. The number of pyridine rings is 1. The predicted molar refractivity (Wildman–Crippen MR) is 142 cm³/mol. The van der Waals surface area contributed by atoms with Crippen LogP contribution in [-0.4, -0.2) is 72.4 Å². The van der Waals surface area contributed by atoms with Gasteiger partial charge < -0.3 is 24.0 Å². The first kappa shape index (κ1) is 26.0. The first-order chi connectivity index (χ1) is 19.3. The van der Waals surface area contributed by atoms with E-state index in [-0.39, 0.29) is 41.3 Å². The fraction of sp³-hybridized carbons (Fsp3) is 0.345. The summed E-state index contributed by atoms with van der Waals surface area (Å²) in [5.41, 5.74) is 0.135. The van der Waals surface area contributed by atoms with Crippen LogP contribution in [0.1, 0.15) is 34.8 Å². The summed E-state index contributed by atoms with van der Waals surface area (Å²) in [6.07, 6.45) is 3.13. The van der Waals surface area contributed by atoms with Crippen molar-refractivity contribution in [3.8, 4) is 0 Å². The second kappa shape index (κ2) is 10.4. The molecule has 9 nitrogen and oxygen atoms in total. The van der Waals surface area contributed by atoms with Gasteiger partial charge in [0.1, 0.15) is 41.7 Å². The number of carbonyl (C=O) groups excluding carboxylic acids is 1. The number of ether oxygens (including phenoxy) is 2. The Labute approximate surface area is 227 Å². The number of hydrogen-bond acceptors (Lipinski definition) is 7. The minimum Gasteiger partial charge on any atom is -0.492 e. The minimum atomic E-state index is -1.32. The number of piperazine rings is 1. The van der Waals surface area contributed by atoms with Crippen molar-refractivity contribution in [3.63, 3.8) is 0 Å². The largest absolute Gasteiger partial charge is 0.492 e. The molecule has 1 saturated carbocycles. The smallest absolute Gasteiger partial charge is 0.342 e. The molecule has 0 atom stereocenters. The molecule has 2 aliphatic heterocycles. The molecule has 1 saturated heterocycles. The summed E-state index contributed by atoms with van der Waals surface area (Å²) in [5, 5.41) is 9.52. The highest BCUT2D eigenvalue weighted by Crippen LogP contribution is 2.38. The topological polar surface area (TPSA) is 101 Å². The molecule has 2 aromatic carbocycles. The summed E-state index contributed by atoms with van der Waals surface area (Å²) in [4.78, 5) is 40.6. The highest BCUT2D eigenvalue weighted by Gasteiger charge is 2.31. The van der Waals surface area contributed by atoms with Gasteiger partial charge in [-0.05, 0) is 31.0 Å². The molecule has 11 heteroatoms. The van der Waals surface area contributed by atoms with Gasteiger partial charge in [-0.3, -0.25) is 9.69 Å². The Bertz CT molecular complexity index is 1610. The Kier molecular flexibility index (Phi) is 6.75. The number of aromatic nitrogens is 1. The molecule has 40 heavy (non-hydrogen) atoms. The number of rotatable bonds is 8. The molecule has 0 amide bonds. The number of carbonyl (C=O) groups is 2. The predicted octanol–water partition coefficient (Wildman–Crippen LogP) is 3.42. The van der Waals surface area contributed by atoms with Crippen molar-refractivity contribution >= 4 is 34.1 Å². The molecular weight excluding hydrogens is 524 g/mol. The molecule has 0 unspecified atom stereocenters. The molecule has 6 rings (SSSR count). The molecule has 2 fully saturated rings. The van der Waals surface area contributed by atoms with Crippen LogP contribution in [0.3, 0.4) is 0 Å². The second-order valence-electron chi connectivity index (χ2n) is 10.2. The summed E-state index contributed by atoms with van der Waals surface area (Å²) in [6.45, 7) is 3.11. The Hall–Kier alpha value is -4.25. The number of esters is 1. The lowest BCUT2D eigenvalue weighted by Crippen LogP contribution is -2.47. The second-order valence-corrected chi connectivity index (χ2v) is 10.2. The number of carboxylic acids is 1. The highest BCUT2D eigenvalue weighted by molar-refractivity contribution is 6.19. The van der Waals surface area contributed by atoms with Gasteiger partial charge in [-0.25, -0.2) is 18.4 Å². The molecule has 0 radical (unpaired) electrons. The number of hydrogen-bond donors (Lipinski definition) is 1. The first-order valence-corrected chi connectivity index (χ1v) is 13.2. The molecule has 1 aliphatic carbocycles. The number of halogens is 2. The van der Waals surface area contributed by atoms with Crippen LogP contribution in [0.2, 0.25) is 0 Å². The van der Waals surface area contributed by atoms with Crippen LogP contribution in [0.5, 0.6) is 0 Å². The maximum absolute atomic E-state index is 15.2. The van der Waals surface area contributed by atoms with Gasteiger partial charge in [0, 0.05) is 55.9 Å². The molecule has 3 heterocycles. The van der Waals surface area contributed by atoms with Crippen molar-refractivity contribution in [2.75, 3.05) is 50.8 Å². The number of fused-ring (bicyclic) bond motifs is 1. The van der Waals surface area contributed by atoms with Gasteiger partial charge >= 0.3 is 11.9 Å². The highest BCUT2D eigenvalue weighted by atomic mass is 19.1. The van der Waals surface area contributed by atoms with Gasteiger partial charge in [0.2, 0.25) is 5.43 Å². The summed E-state index contributed by atoms with van der Waals surface area (Å²) in [6, 6.07) is 8.90. The average Bonchev–Trinajstić information content (AvgIpc) is 3.72. The number of carboxylic acid groups (broad SMARTS) is 1. The molecule has 3 aliphatic rings. The number of cyclic esters (lactones) is 1. The van der Waals surface area contributed by atoms with Crippen LogP contribution in [-0.2, 0) is 14.3 Å². The third kappa shape index (κ3) is 4.81. The number of nitrogens with zero attached hydrogens (tertiary/aromatic N) is 3. The molecule has 0 bridgehead atoms. The van der Waals surface area contributed by atoms with Crippen molar-refractivity contribution in [2.45, 2.75) is 18.9 Å². The summed E-state index contributed by atoms with van der Waals surface area (Å²) < 4.78 is 42.2. The van der Waals surface area contributed by atoms with Gasteiger partial charge in [-0.2, -0.15) is 0 Å². The van der Waals surface area contributed by atoms with Crippen molar-refractivity contribution in [1.29, 1.82) is 0 Å². The SMILES string of the molecule is O=C1OCC(OCCN2CCN(c3cc4c(cc3F)c(=O)c(C(=O)O)cn4C3CC3)CC2)=C1c1ccccc1F. The van der Waals surface area contributed by atoms with Crippen LogP contribution in [0.4, 0.5) is 14.5 Å². The number of aromatic carboxylic acids is 1. The maximum atomic E-state index is 15.2. The molecule has 1 aromatic heterocycles. The zero-order valence-corrected chi connectivity index (χ0v) is 21.6. The zero-order valence-electron chi connectivity index (χ0n) is 21.6. The van der Waals surface area contributed by atoms with Gasteiger partial charge in [0.05, 0.1) is 11.2 Å². The van der Waals surface area contributed by atoms with Crippen LogP contribution in [0.15, 0.2) is 53.1 Å². The van der Waals surface area contributed by atoms with E-state index in [9.17, 15) is 23.9 Å². The number of anilines is 1. The van der Waals surface area contributed by atoms with E-state index in [0.29, 0.717) is 49.7 Å². The third-order valence-electron chi connectivity index (χ3n) is 7.63. The van der Waals surface area contributed by atoms with E-state index in [0.717, 1.165) is 18.9 Å². The van der Waals surface area contributed by atoms with Crippen LogP contribution in [0.25, 0.3) is 16.5 Å². The Morgan fingerprint density at radius 1 is 1.05 bits per heavy atom.